The maximum Gasteiger partial charge on any atom is 0.266 e. The Morgan fingerprint density at radius 1 is 1.53 bits per heavy atom. The van der Waals surface area contributed by atoms with Crippen molar-refractivity contribution in [1.29, 1.82) is 5.26 Å². The molecule has 17 heavy (non-hydrogen) atoms. The van der Waals surface area contributed by atoms with Crippen molar-refractivity contribution in [3.8, 4) is 6.07 Å². The number of aromatic nitrogens is 1. The quantitative estimate of drug-likeness (QED) is 0.819. The van der Waals surface area contributed by atoms with Gasteiger partial charge in [0.15, 0.2) is 0 Å². The van der Waals surface area contributed by atoms with Gasteiger partial charge in [-0.2, -0.15) is 5.26 Å². The Kier molecular flexibility index (Phi) is 2.90. The summed E-state index contributed by atoms with van der Waals surface area (Å²) in [6.45, 7) is 1.64. The van der Waals surface area contributed by atoms with Gasteiger partial charge in [0.1, 0.15) is 11.6 Å². The summed E-state index contributed by atoms with van der Waals surface area (Å²) >= 11 is 1.33. The van der Waals surface area contributed by atoms with Gasteiger partial charge in [0.2, 0.25) is 5.78 Å². The van der Waals surface area contributed by atoms with Gasteiger partial charge in [0.25, 0.3) is 5.56 Å². The summed E-state index contributed by atoms with van der Waals surface area (Å²) in [5.41, 5.74) is 0.333. The van der Waals surface area contributed by atoms with E-state index in [1.165, 1.54) is 17.4 Å². The first-order chi connectivity index (χ1) is 8.13. The van der Waals surface area contributed by atoms with Crippen LogP contribution in [-0.4, -0.2) is 10.8 Å². The highest BCUT2D eigenvalue weighted by Crippen LogP contribution is 2.16. The molecule has 0 spiro atoms. The van der Waals surface area contributed by atoms with Crippen LogP contribution in [-0.2, 0) is 0 Å². The maximum absolute atomic E-state index is 12.1. The van der Waals surface area contributed by atoms with E-state index in [2.05, 4.69) is 4.98 Å². The van der Waals surface area contributed by atoms with E-state index in [1.807, 2.05) is 0 Å². The Labute approximate surface area is 101 Å². The predicted molar refractivity (Wildman–Crippen MR) is 64.3 cm³/mol. The summed E-state index contributed by atoms with van der Waals surface area (Å²) in [7, 11) is 0. The first kappa shape index (κ1) is 11.3. The molecule has 0 fully saturated rings. The zero-order valence-corrected chi connectivity index (χ0v) is 9.80. The highest BCUT2D eigenvalue weighted by molar-refractivity contribution is 7.12. The first-order valence-electron chi connectivity index (χ1n) is 4.85. The second kappa shape index (κ2) is 4.36. The molecule has 1 N–H and O–H groups in total. The fourth-order valence-corrected chi connectivity index (χ4v) is 2.16. The van der Waals surface area contributed by atoms with Crippen molar-refractivity contribution in [1.82, 2.24) is 4.98 Å². The molecule has 2 heterocycles. The van der Waals surface area contributed by atoms with Crippen LogP contribution in [0, 0.1) is 18.3 Å². The van der Waals surface area contributed by atoms with Gasteiger partial charge in [-0.1, -0.05) is 6.07 Å². The average Bonchev–Trinajstić information content (AvgIpc) is 2.82. The lowest BCUT2D eigenvalue weighted by Gasteiger charge is -2.03. The lowest BCUT2D eigenvalue weighted by Crippen LogP contribution is -2.15. The number of thiophene rings is 1. The van der Waals surface area contributed by atoms with Gasteiger partial charge < -0.3 is 4.98 Å². The lowest BCUT2D eigenvalue weighted by molar-refractivity contribution is 0.104. The van der Waals surface area contributed by atoms with Crippen molar-refractivity contribution in [2.75, 3.05) is 0 Å². The average molecular weight is 244 g/mol. The highest BCUT2D eigenvalue weighted by atomic mass is 32.1. The highest BCUT2D eigenvalue weighted by Gasteiger charge is 2.15. The van der Waals surface area contributed by atoms with Crippen molar-refractivity contribution in [3.05, 3.63) is 55.6 Å². The van der Waals surface area contributed by atoms with E-state index < -0.39 is 5.56 Å². The number of nitrogens with one attached hydrogen (secondary N) is 1. The summed E-state index contributed by atoms with van der Waals surface area (Å²) < 4.78 is 0. The minimum atomic E-state index is -0.465. The first-order valence-corrected chi connectivity index (χ1v) is 5.73. The Hall–Kier alpha value is -2.19. The van der Waals surface area contributed by atoms with Gasteiger partial charge in [-0.05, 0) is 24.4 Å². The number of hydrogen-bond donors (Lipinski definition) is 1. The molecule has 0 saturated heterocycles. The normalized spacial score (nSPS) is 9.88. The number of nitriles is 1. The summed E-state index contributed by atoms with van der Waals surface area (Å²) in [5, 5.41) is 10.6. The zero-order valence-electron chi connectivity index (χ0n) is 8.98. The summed E-state index contributed by atoms with van der Waals surface area (Å²) in [6, 6.07) is 6.61. The number of carbonyl (C=O) groups is 1. The van der Waals surface area contributed by atoms with Crippen LogP contribution in [0.3, 0.4) is 0 Å². The van der Waals surface area contributed by atoms with E-state index >= 15 is 0 Å². The van der Waals surface area contributed by atoms with Gasteiger partial charge in [-0.3, -0.25) is 9.59 Å². The van der Waals surface area contributed by atoms with Crippen LogP contribution in [0.2, 0.25) is 0 Å². The van der Waals surface area contributed by atoms with Gasteiger partial charge in [-0.15, -0.1) is 11.3 Å². The molecule has 0 unspecified atom stereocenters. The molecule has 5 heteroatoms. The van der Waals surface area contributed by atoms with Gasteiger partial charge >= 0.3 is 0 Å². The number of carbonyl (C=O) groups excluding carboxylic acids is 1. The minimum Gasteiger partial charge on any atom is -0.325 e. The van der Waals surface area contributed by atoms with Crippen LogP contribution in [0.15, 0.2) is 28.4 Å². The standard InChI is InChI=1S/C12H8N2O2S/c1-7-9(5-8(6-13)12(16)14-7)11(15)10-3-2-4-17-10/h2-5H,1H3,(H,14,16). The van der Waals surface area contributed by atoms with E-state index in [0.29, 0.717) is 16.1 Å². The van der Waals surface area contributed by atoms with Crippen LogP contribution in [0.1, 0.15) is 26.5 Å². The van der Waals surface area contributed by atoms with Crippen LogP contribution in [0.25, 0.3) is 0 Å². The Bertz CT molecular complexity index is 663. The molecule has 4 nitrogen and oxygen atoms in total. The Morgan fingerprint density at radius 2 is 2.29 bits per heavy atom. The molecule has 0 aliphatic heterocycles. The third kappa shape index (κ3) is 2.03. The molecule has 0 aliphatic rings. The van der Waals surface area contributed by atoms with E-state index in [9.17, 15) is 9.59 Å². The van der Waals surface area contributed by atoms with Crippen LogP contribution >= 0.6 is 11.3 Å². The van der Waals surface area contributed by atoms with Crippen molar-refractivity contribution < 1.29 is 4.79 Å². The Morgan fingerprint density at radius 3 is 2.88 bits per heavy atom. The fraction of sp³-hybridized carbons (Fsp3) is 0.0833. The smallest absolute Gasteiger partial charge is 0.266 e. The van der Waals surface area contributed by atoms with Crippen LogP contribution in [0.5, 0.6) is 0 Å². The lowest BCUT2D eigenvalue weighted by atomic mass is 10.1. The Balaban J connectivity index is 2.57. The van der Waals surface area contributed by atoms with Gasteiger partial charge in [0, 0.05) is 11.3 Å². The molecule has 2 aromatic heterocycles. The SMILES string of the molecule is Cc1[nH]c(=O)c(C#N)cc1C(=O)c1cccs1. The van der Waals surface area contributed by atoms with Gasteiger partial charge in [0.05, 0.1) is 4.88 Å². The number of nitrogens with zero attached hydrogens (tertiary/aromatic N) is 1. The monoisotopic (exact) mass is 244 g/mol. The number of rotatable bonds is 2. The fourth-order valence-electron chi connectivity index (χ4n) is 1.48. The second-order valence-electron chi connectivity index (χ2n) is 3.47. The third-order valence-corrected chi connectivity index (χ3v) is 3.22. The van der Waals surface area contributed by atoms with Crippen LogP contribution < -0.4 is 5.56 Å². The van der Waals surface area contributed by atoms with Crippen LogP contribution in [0.4, 0.5) is 0 Å². The summed E-state index contributed by atoms with van der Waals surface area (Å²) in [6.07, 6.45) is 0. The molecular formula is C12H8N2O2S. The van der Waals surface area contributed by atoms with Crippen molar-refractivity contribution in [2.45, 2.75) is 6.92 Å². The minimum absolute atomic E-state index is 0.0458. The molecule has 0 aliphatic carbocycles. The molecule has 0 bridgehead atoms. The zero-order chi connectivity index (χ0) is 12.4. The van der Waals surface area contributed by atoms with E-state index in [0.717, 1.165) is 0 Å². The molecule has 84 valence electrons. The number of hydrogen-bond acceptors (Lipinski definition) is 4. The molecule has 0 aromatic carbocycles. The molecule has 0 radical (unpaired) electrons. The summed E-state index contributed by atoms with van der Waals surface area (Å²) in [4.78, 5) is 26.5. The number of ketones is 1. The second-order valence-corrected chi connectivity index (χ2v) is 4.42. The summed E-state index contributed by atoms with van der Waals surface area (Å²) in [5.74, 6) is -0.176. The van der Waals surface area contributed by atoms with E-state index in [-0.39, 0.29) is 11.3 Å². The van der Waals surface area contributed by atoms with Crippen molar-refractivity contribution in [3.63, 3.8) is 0 Å². The number of aryl methyl sites for hydroxylation is 1. The van der Waals surface area contributed by atoms with E-state index in [4.69, 9.17) is 5.26 Å². The molecular weight excluding hydrogens is 236 g/mol. The molecule has 2 aromatic rings. The number of aromatic amines is 1. The van der Waals surface area contributed by atoms with Gasteiger partial charge in [-0.25, -0.2) is 0 Å². The molecule has 2 rings (SSSR count). The largest absolute Gasteiger partial charge is 0.325 e. The molecule has 0 atom stereocenters. The predicted octanol–water partition coefficient (Wildman–Crippen LogP) is 1.85. The number of pyridine rings is 1. The topological polar surface area (TPSA) is 73.7 Å². The molecule has 0 amide bonds. The molecule has 0 saturated carbocycles. The maximum atomic E-state index is 12.1. The van der Waals surface area contributed by atoms with Crippen molar-refractivity contribution >= 4 is 17.1 Å². The van der Waals surface area contributed by atoms with Crippen molar-refractivity contribution in [2.24, 2.45) is 0 Å². The number of H-pyrrole nitrogens is 1. The van der Waals surface area contributed by atoms with E-state index in [1.54, 1.807) is 30.5 Å². The third-order valence-electron chi connectivity index (χ3n) is 2.35.